The first kappa shape index (κ1) is 13.7. The molecule has 1 fully saturated rings. The van der Waals surface area contributed by atoms with Gasteiger partial charge in [-0.25, -0.2) is 0 Å². The quantitative estimate of drug-likeness (QED) is 0.430. The lowest BCUT2D eigenvalue weighted by Gasteiger charge is -2.36. The fourth-order valence-corrected chi connectivity index (χ4v) is 2.06. The van der Waals surface area contributed by atoms with Crippen molar-refractivity contribution in [3.05, 3.63) is 12.7 Å². The van der Waals surface area contributed by atoms with Gasteiger partial charge in [0.25, 0.3) is 5.79 Å². The van der Waals surface area contributed by atoms with E-state index in [1.807, 2.05) is 13.8 Å². The molecule has 1 aliphatic heterocycles. The Labute approximate surface area is 102 Å². The Morgan fingerprint density at radius 2 is 1.76 bits per heavy atom. The number of carbonyl (C=O) groups is 2. The average Bonchev–Trinajstić information content (AvgIpc) is 2.12. The number of allylic oxidation sites excluding steroid dienone is 1. The minimum Gasteiger partial charge on any atom is -0.422 e. The van der Waals surface area contributed by atoms with Crippen LogP contribution < -0.4 is 0 Å². The molecule has 0 radical (unpaired) electrons. The van der Waals surface area contributed by atoms with Gasteiger partial charge in [-0.2, -0.15) is 0 Å². The standard InChI is InChI=1S/C13H20O4/c1-6-7-9(8(2)3)10-11(14)16-13(4,5)17-12(10)15/h6,8-10H,1,7H2,2-5H3. The van der Waals surface area contributed by atoms with E-state index in [2.05, 4.69) is 6.58 Å². The number of hydrogen-bond donors (Lipinski definition) is 0. The number of ether oxygens (including phenoxy) is 2. The molecule has 17 heavy (non-hydrogen) atoms. The SMILES string of the molecule is C=CCC(C(C)C)C1C(=O)OC(C)(C)OC1=O. The Hall–Kier alpha value is -1.32. The molecule has 0 aliphatic carbocycles. The maximum Gasteiger partial charge on any atom is 0.323 e. The summed E-state index contributed by atoms with van der Waals surface area (Å²) >= 11 is 0. The number of rotatable bonds is 4. The molecule has 96 valence electrons. The molecule has 0 aromatic carbocycles. The maximum absolute atomic E-state index is 11.9. The summed E-state index contributed by atoms with van der Waals surface area (Å²) in [7, 11) is 0. The van der Waals surface area contributed by atoms with Crippen LogP contribution in [0.4, 0.5) is 0 Å². The number of carbonyl (C=O) groups excluding carboxylic acids is 2. The first-order chi connectivity index (χ1) is 7.78. The summed E-state index contributed by atoms with van der Waals surface area (Å²) in [4.78, 5) is 23.8. The van der Waals surface area contributed by atoms with Crippen LogP contribution in [0.25, 0.3) is 0 Å². The van der Waals surface area contributed by atoms with Gasteiger partial charge in [0.05, 0.1) is 0 Å². The van der Waals surface area contributed by atoms with Crippen LogP contribution in [0.2, 0.25) is 0 Å². The van der Waals surface area contributed by atoms with Crippen molar-refractivity contribution in [2.75, 3.05) is 0 Å². The summed E-state index contributed by atoms with van der Waals surface area (Å²) in [5.41, 5.74) is 0. The second kappa shape index (κ2) is 4.90. The van der Waals surface area contributed by atoms with Crippen LogP contribution in [0.1, 0.15) is 34.1 Å². The van der Waals surface area contributed by atoms with Gasteiger partial charge in [-0.1, -0.05) is 19.9 Å². The van der Waals surface area contributed by atoms with Crippen molar-refractivity contribution < 1.29 is 19.1 Å². The van der Waals surface area contributed by atoms with E-state index in [9.17, 15) is 9.59 Å². The Morgan fingerprint density at radius 1 is 1.29 bits per heavy atom. The molecule has 0 N–H and O–H groups in total. The fourth-order valence-electron chi connectivity index (χ4n) is 2.06. The summed E-state index contributed by atoms with van der Waals surface area (Å²) in [6.45, 7) is 10.7. The van der Waals surface area contributed by atoms with E-state index in [0.29, 0.717) is 6.42 Å². The molecule has 0 spiro atoms. The number of esters is 2. The zero-order valence-corrected chi connectivity index (χ0v) is 10.9. The average molecular weight is 240 g/mol. The van der Waals surface area contributed by atoms with Gasteiger partial charge in [0.15, 0.2) is 5.92 Å². The lowest BCUT2D eigenvalue weighted by atomic mass is 9.80. The van der Waals surface area contributed by atoms with Crippen molar-refractivity contribution in [2.24, 2.45) is 17.8 Å². The molecule has 0 aromatic rings. The highest BCUT2D eigenvalue weighted by atomic mass is 16.7. The van der Waals surface area contributed by atoms with Gasteiger partial charge in [0.2, 0.25) is 0 Å². The summed E-state index contributed by atoms with van der Waals surface area (Å²) in [6.07, 6.45) is 2.30. The van der Waals surface area contributed by atoms with Crippen LogP contribution >= 0.6 is 0 Å². The molecule has 0 saturated carbocycles. The van der Waals surface area contributed by atoms with Crippen LogP contribution in [0.5, 0.6) is 0 Å². The first-order valence-corrected chi connectivity index (χ1v) is 5.85. The Morgan fingerprint density at radius 3 is 2.12 bits per heavy atom. The third-order valence-electron chi connectivity index (χ3n) is 2.92. The molecule has 4 heteroatoms. The van der Waals surface area contributed by atoms with Gasteiger partial charge in [-0.3, -0.25) is 9.59 Å². The second-order valence-corrected chi connectivity index (χ2v) is 5.15. The molecule has 1 atom stereocenters. The fraction of sp³-hybridized carbons (Fsp3) is 0.692. The third-order valence-corrected chi connectivity index (χ3v) is 2.92. The molecule has 0 bridgehead atoms. The summed E-state index contributed by atoms with van der Waals surface area (Å²) in [6, 6.07) is 0. The summed E-state index contributed by atoms with van der Waals surface area (Å²) < 4.78 is 10.2. The smallest absolute Gasteiger partial charge is 0.323 e. The molecule has 4 nitrogen and oxygen atoms in total. The second-order valence-electron chi connectivity index (χ2n) is 5.15. The van der Waals surface area contributed by atoms with E-state index in [-0.39, 0.29) is 11.8 Å². The van der Waals surface area contributed by atoms with E-state index < -0.39 is 23.6 Å². The van der Waals surface area contributed by atoms with E-state index >= 15 is 0 Å². The number of hydrogen-bond acceptors (Lipinski definition) is 4. The molecular weight excluding hydrogens is 220 g/mol. The van der Waals surface area contributed by atoms with Crippen LogP contribution in [-0.2, 0) is 19.1 Å². The maximum atomic E-state index is 11.9. The van der Waals surface area contributed by atoms with Crippen LogP contribution in [0.3, 0.4) is 0 Å². The highest BCUT2D eigenvalue weighted by molar-refractivity contribution is 5.97. The van der Waals surface area contributed by atoms with Gasteiger partial charge in [-0.05, 0) is 18.3 Å². The van der Waals surface area contributed by atoms with Crippen molar-refractivity contribution >= 4 is 11.9 Å². The molecular formula is C13H20O4. The van der Waals surface area contributed by atoms with E-state index in [1.54, 1.807) is 19.9 Å². The highest BCUT2D eigenvalue weighted by Crippen LogP contribution is 2.33. The minimum absolute atomic E-state index is 0.122. The first-order valence-electron chi connectivity index (χ1n) is 5.85. The van der Waals surface area contributed by atoms with Crippen LogP contribution in [0.15, 0.2) is 12.7 Å². The van der Waals surface area contributed by atoms with E-state index in [1.165, 1.54) is 0 Å². The van der Waals surface area contributed by atoms with Gasteiger partial charge < -0.3 is 9.47 Å². The molecule has 1 saturated heterocycles. The molecule has 1 rings (SSSR count). The van der Waals surface area contributed by atoms with Crippen molar-refractivity contribution in [2.45, 2.75) is 39.9 Å². The van der Waals surface area contributed by atoms with E-state index in [0.717, 1.165) is 0 Å². The van der Waals surface area contributed by atoms with Gasteiger partial charge in [0.1, 0.15) is 0 Å². The summed E-state index contributed by atoms with van der Waals surface area (Å²) in [5, 5.41) is 0. The van der Waals surface area contributed by atoms with Gasteiger partial charge in [-0.15, -0.1) is 6.58 Å². The van der Waals surface area contributed by atoms with Gasteiger partial charge >= 0.3 is 11.9 Å². The molecule has 0 aromatic heterocycles. The van der Waals surface area contributed by atoms with Crippen LogP contribution in [0, 0.1) is 17.8 Å². The Bertz CT molecular complexity index is 310. The largest absolute Gasteiger partial charge is 0.422 e. The van der Waals surface area contributed by atoms with Crippen LogP contribution in [-0.4, -0.2) is 17.7 Å². The Balaban J connectivity index is 2.92. The highest BCUT2D eigenvalue weighted by Gasteiger charge is 2.47. The van der Waals surface area contributed by atoms with Gasteiger partial charge in [0, 0.05) is 13.8 Å². The lowest BCUT2D eigenvalue weighted by molar-refractivity contribution is -0.243. The van der Waals surface area contributed by atoms with E-state index in [4.69, 9.17) is 9.47 Å². The predicted molar refractivity (Wildman–Crippen MR) is 62.9 cm³/mol. The van der Waals surface area contributed by atoms with Crippen molar-refractivity contribution in [3.8, 4) is 0 Å². The minimum atomic E-state index is -1.15. The predicted octanol–water partition coefficient (Wildman–Crippen LogP) is 2.29. The third kappa shape index (κ3) is 3.08. The summed E-state index contributed by atoms with van der Waals surface area (Å²) in [5.74, 6) is -2.91. The topological polar surface area (TPSA) is 52.6 Å². The normalized spacial score (nSPS) is 21.9. The Kier molecular flexibility index (Phi) is 3.96. The zero-order valence-electron chi connectivity index (χ0n) is 10.9. The lowest BCUT2D eigenvalue weighted by Crippen LogP contribution is -2.49. The molecule has 1 aliphatic rings. The van der Waals surface area contributed by atoms with Crippen molar-refractivity contribution in [1.82, 2.24) is 0 Å². The molecule has 1 heterocycles. The van der Waals surface area contributed by atoms with Crippen molar-refractivity contribution in [1.29, 1.82) is 0 Å². The van der Waals surface area contributed by atoms with Crippen molar-refractivity contribution in [3.63, 3.8) is 0 Å². The number of cyclic esters (lactones) is 2. The monoisotopic (exact) mass is 240 g/mol. The molecule has 1 unspecified atom stereocenters. The zero-order chi connectivity index (χ0) is 13.2. The molecule has 0 amide bonds.